The molecule has 0 atom stereocenters. The van der Waals surface area contributed by atoms with Crippen LogP contribution < -0.4 is 0 Å². The maximum atomic E-state index is 2.51. The van der Waals surface area contributed by atoms with Crippen molar-refractivity contribution >= 4 is 73.1 Å². The molecular formula is C42H26INS. The second-order valence-electron chi connectivity index (χ2n) is 11.6. The first-order valence-corrected chi connectivity index (χ1v) is 19.3. The number of para-hydroxylation sites is 2. The minimum absolute atomic E-state index is 1.19. The van der Waals surface area contributed by atoms with Crippen molar-refractivity contribution in [2.24, 2.45) is 0 Å². The van der Waals surface area contributed by atoms with Gasteiger partial charge in [-0.05, 0) is 0 Å². The Bertz CT molecular complexity index is 2610. The van der Waals surface area contributed by atoms with Crippen molar-refractivity contribution in [2.75, 3.05) is 0 Å². The molecule has 3 heteroatoms. The zero-order chi connectivity index (χ0) is 29.5. The molecule has 0 radical (unpaired) electrons. The van der Waals surface area contributed by atoms with Gasteiger partial charge in [0.05, 0.1) is 0 Å². The Labute approximate surface area is 272 Å². The Morgan fingerprint density at radius 1 is 0.422 bits per heavy atom. The summed E-state index contributed by atoms with van der Waals surface area (Å²) in [4.78, 5) is 0. The molecule has 212 valence electrons. The van der Waals surface area contributed by atoms with Crippen LogP contribution in [0.4, 0.5) is 0 Å². The van der Waals surface area contributed by atoms with Crippen LogP contribution in [0, 0.1) is 10.7 Å². The number of aromatic nitrogens is 1. The van der Waals surface area contributed by atoms with E-state index in [9.17, 15) is 0 Å². The monoisotopic (exact) mass is 703 g/mol. The van der Waals surface area contributed by atoms with Crippen molar-refractivity contribution in [1.29, 1.82) is 0 Å². The third-order valence-electron chi connectivity index (χ3n) is 9.11. The molecule has 0 amide bonds. The number of hydrogen-bond acceptors (Lipinski definition) is 1. The van der Waals surface area contributed by atoms with E-state index >= 15 is 0 Å². The number of rotatable bonds is 3. The SMILES string of the molecule is c1ccc(-n2c3ccccc3c3cc(-c4ccc5c(c4)-c4ccccc4I5c4ccc5sc6ccccc6c5c4)ccc32)cc1. The van der Waals surface area contributed by atoms with Crippen LogP contribution in [0.15, 0.2) is 158 Å². The Morgan fingerprint density at radius 3 is 2.04 bits per heavy atom. The van der Waals surface area contributed by atoms with E-state index in [1.807, 2.05) is 11.3 Å². The van der Waals surface area contributed by atoms with Gasteiger partial charge >= 0.3 is 268 Å². The fourth-order valence-corrected chi connectivity index (χ4v) is 14.5. The number of fused-ring (bicyclic) bond motifs is 9. The van der Waals surface area contributed by atoms with Gasteiger partial charge in [-0.2, -0.15) is 0 Å². The van der Waals surface area contributed by atoms with Gasteiger partial charge < -0.3 is 0 Å². The summed E-state index contributed by atoms with van der Waals surface area (Å²) < 4.78 is 9.75. The zero-order valence-corrected chi connectivity index (χ0v) is 27.2. The average molecular weight is 704 g/mol. The van der Waals surface area contributed by atoms with Gasteiger partial charge in [-0.15, -0.1) is 0 Å². The average Bonchev–Trinajstić information content (AvgIpc) is 3.75. The van der Waals surface area contributed by atoms with E-state index in [0.717, 1.165) is 0 Å². The Balaban J connectivity index is 1.13. The van der Waals surface area contributed by atoms with E-state index in [2.05, 4.69) is 162 Å². The summed E-state index contributed by atoms with van der Waals surface area (Å²) >= 11 is 0.0496. The second-order valence-corrected chi connectivity index (χ2v) is 17.9. The van der Waals surface area contributed by atoms with E-state index in [4.69, 9.17) is 0 Å². The summed E-state index contributed by atoms with van der Waals surface area (Å²) in [6.07, 6.45) is 0. The van der Waals surface area contributed by atoms with Crippen LogP contribution in [0.25, 0.3) is 69.9 Å². The molecule has 45 heavy (non-hydrogen) atoms. The van der Waals surface area contributed by atoms with Crippen molar-refractivity contribution in [1.82, 2.24) is 4.57 Å². The quantitative estimate of drug-likeness (QED) is 0.162. The van der Waals surface area contributed by atoms with Gasteiger partial charge in [-0.25, -0.2) is 0 Å². The predicted octanol–water partition coefficient (Wildman–Crippen LogP) is 12.2. The van der Waals surface area contributed by atoms with Crippen molar-refractivity contribution in [3.05, 3.63) is 168 Å². The molecule has 0 saturated carbocycles. The van der Waals surface area contributed by atoms with Crippen molar-refractivity contribution in [3.63, 3.8) is 0 Å². The molecular weight excluding hydrogens is 677 g/mol. The van der Waals surface area contributed by atoms with Crippen molar-refractivity contribution in [3.8, 4) is 27.9 Å². The number of thiophene rings is 1. The molecule has 3 heterocycles. The summed E-state index contributed by atoms with van der Waals surface area (Å²) in [5, 5.41) is 5.35. The van der Waals surface area contributed by atoms with E-state index in [-0.39, 0.29) is 0 Å². The third kappa shape index (κ3) is 3.84. The van der Waals surface area contributed by atoms with Crippen LogP contribution in [0.5, 0.6) is 0 Å². The number of hydrogen-bond donors (Lipinski definition) is 0. The molecule has 1 aliphatic rings. The summed E-state index contributed by atoms with van der Waals surface area (Å²) in [6, 6.07) is 59.0. The molecule has 0 spiro atoms. The van der Waals surface area contributed by atoms with Crippen LogP contribution in [-0.2, 0) is 0 Å². The topological polar surface area (TPSA) is 4.93 Å². The fraction of sp³-hybridized carbons (Fsp3) is 0. The van der Waals surface area contributed by atoms with E-state index in [0.29, 0.717) is 0 Å². The Hall–Kier alpha value is -4.71. The zero-order valence-electron chi connectivity index (χ0n) is 24.2. The van der Waals surface area contributed by atoms with E-state index < -0.39 is 19.8 Å². The maximum absolute atomic E-state index is 2.51. The number of benzene rings is 7. The van der Waals surface area contributed by atoms with Gasteiger partial charge in [0.2, 0.25) is 0 Å². The first-order chi connectivity index (χ1) is 22.3. The van der Waals surface area contributed by atoms with Crippen LogP contribution in [0.2, 0.25) is 0 Å². The first kappa shape index (κ1) is 25.6. The summed E-state index contributed by atoms with van der Waals surface area (Å²) in [6.45, 7) is 0. The molecule has 0 N–H and O–H groups in total. The van der Waals surface area contributed by atoms with E-state index in [1.54, 1.807) is 7.14 Å². The number of nitrogens with zero attached hydrogens (tertiary/aromatic N) is 1. The molecule has 2 aromatic heterocycles. The molecule has 0 fully saturated rings. The first-order valence-electron chi connectivity index (χ1n) is 15.3. The van der Waals surface area contributed by atoms with Crippen LogP contribution >= 0.6 is 31.2 Å². The summed E-state index contributed by atoms with van der Waals surface area (Å²) in [5.41, 5.74) is 9.03. The van der Waals surface area contributed by atoms with Crippen LogP contribution in [0.3, 0.4) is 0 Å². The second kappa shape index (κ2) is 9.90. The Morgan fingerprint density at radius 2 is 1.11 bits per heavy atom. The van der Waals surface area contributed by atoms with Crippen LogP contribution in [-0.4, -0.2) is 4.57 Å². The molecule has 1 aliphatic heterocycles. The molecule has 0 aliphatic carbocycles. The van der Waals surface area contributed by atoms with Gasteiger partial charge in [0.15, 0.2) is 0 Å². The van der Waals surface area contributed by atoms with Crippen molar-refractivity contribution in [2.45, 2.75) is 0 Å². The van der Waals surface area contributed by atoms with Gasteiger partial charge in [-0.1, -0.05) is 6.07 Å². The normalized spacial score (nSPS) is 13.2. The fourth-order valence-electron chi connectivity index (χ4n) is 7.09. The molecule has 0 saturated heterocycles. The summed E-state index contributed by atoms with van der Waals surface area (Å²) in [7, 11) is 0. The standard InChI is InChI=1S/C42H26INS/c1-2-10-30(11-3-1)44-39-16-8-5-13-32(39)35-25-28(19-22-40(35)44)27-18-21-38-34(24-27)31-12-4-7-15-37(31)43(38)29-20-23-42-36(26-29)33-14-6-9-17-41(33)45-42/h1-26H. The molecule has 7 aromatic carbocycles. The molecule has 10 rings (SSSR count). The van der Waals surface area contributed by atoms with Gasteiger partial charge in [0.25, 0.3) is 0 Å². The van der Waals surface area contributed by atoms with Gasteiger partial charge in [0, 0.05) is 0 Å². The molecule has 1 nitrogen and oxygen atoms in total. The number of halogens is 1. The molecule has 9 aromatic rings. The third-order valence-corrected chi connectivity index (χ3v) is 16.4. The van der Waals surface area contributed by atoms with Gasteiger partial charge in [0.1, 0.15) is 0 Å². The molecule has 0 unspecified atom stereocenters. The Kier molecular flexibility index (Phi) is 5.63. The summed E-state index contributed by atoms with van der Waals surface area (Å²) in [5.74, 6) is 0. The van der Waals surface area contributed by atoms with Crippen molar-refractivity contribution < 1.29 is 0 Å². The van der Waals surface area contributed by atoms with Crippen LogP contribution in [0.1, 0.15) is 0 Å². The van der Waals surface area contributed by atoms with Gasteiger partial charge in [-0.3, -0.25) is 0 Å². The van der Waals surface area contributed by atoms with E-state index in [1.165, 1.54) is 73.5 Å². The minimum atomic E-state index is -1.85. The predicted molar refractivity (Wildman–Crippen MR) is 201 cm³/mol. The molecule has 0 bridgehead atoms.